The Hall–Kier alpha value is -2.43. The monoisotopic (exact) mass is 299 g/mol. The second-order valence-electron chi connectivity index (χ2n) is 5.93. The third-order valence-electron chi connectivity index (χ3n) is 4.61. The number of carbonyl (C=O) groups is 3. The average molecular weight is 299 g/mol. The van der Waals surface area contributed by atoms with Gasteiger partial charge in [0.05, 0.1) is 17.5 Å². The van der Waals surface area contributed by atoms with Crippen molar-refractivity contribution in [1.29, 1.82) is 0 Å². The van der Waals surface area contributed by atoms with Crippen molar-refractivity contribution in [2.75, 3.05) is 5.32 Å². The van der Waals surface area contributed by atoms with Crippen LogP contribution in [0.5, 0.6) is 0 Å². The van der Waals surface area contributed by atoms with Gasteiger partial charge in [-0.05, 0) is 37.3 Å². The first-order valence-corrected chi connectivity index (χ1v) is 7.31. The molecule has 1 aromatic carbocycles. The highest BCUT2D eigenvalue weighted by Gasteiger charge is 2.51. The molecule has 0 unspecified atom stereocenters. The lowest BCUT2D eigenvalue weighted by molar-refractivity contribution is -0.146. The van der Waals surface area contributed by atoms with E-state index in [4.69, 9.17) is 0 Å². The number of amides is 1. The van der Waals surface area contributed by atoms with Gasteiger partial charge in [-0.1, -0.05) is 24.3 Å². The van der Waals surface area contributed by atoms with Gasteiger partial charge >= 0.3 is 5.97 Å². The lowest BCUT2D eigenvalue weighted by atomic mass is 9.82. The van der Waals surface area contributed by atoms with Gasteiger partial charge in [0, 0.05) is 5.56 Å². The van der Waals surface area contributed by atoms with Crippen LogP contribution in [-0.2, 0) is 9.59 Å². The van der Waals surface area contributed by atoms with E-state index >= 15 is 0 Å². The van der Waals surface area contributed by atoms with Crippen molar-refractivity contribution in [3.63, 3.8) is 0 Å². The van der Waals surface area contributed by atoms with Crippen LogP contribution in [0, 0.1) is 23.7 Å². The third kappa shape index (κ3) is 2.32. The fourth-order valence-corrected chi connectivity index (χ4v) is 3.63. The molecule has 22 heavy (non-hydrogen) atoms. The van der Waals surface area contributed by atoms with Crippen molar-refractivity contribution in [2.24, 2.45) is 23.7 Å². The molecule has 0 spiro atoms. The van der Waals surface area contributed by atoms with Gasteiger partial charge in [0.25, 0.3) is 0 Å². The summed E-state index contributed by atoms with van der Waals surface area (Å²) in [6, 6.07) is 6.77. The summed E-state index contributed by atoms with van der Waals surface area (Å²) in [5.41, 5.74) is 0.873. The summed E-state index contributed by atoms with van der Waals surface area (Å²) in [4.78, 5) is 35.7. The van der Waals surface area contributed by atoms with E-state index in [0.29, 0.717) is 17.7 Å². The molecule has 0 saturated heterocycles. The topological polar surface area (TPSA) is 83.5 Å². The number of fused-ring (bicyclic) bond motifs is 2. The maximum atomic E-state index is 12.6. The number of anilines is 1. The fourth-order valence-electron chi connectivity index (χ4n) is 3.63. The Bertz CT molecular complexity index is 679. The van der Waals surface area contributed by atoms with Crippen molar-refractivity contribution in [3.8, 4) is 0 Å². The number of carbonyl (C=O) groups excluding carboxylic acids is 2. The summed E-state index contributed by atoms with van der Waals surface area (Å²) >= 11 is 0. The summed E-state index contributed by atoms with van der Waals surface area (Å²) in [6.45, 7) is 1.44. The van der Waals surface area contributed by atoms with Gasteiger partial charge in [-0.2, -0.15) is 0 Å². The number of para-hydroxylation sites is 1. The van der Waals surface area contributed by atoms with Crippen LogP contribution in [0.15, 0.2) is 36.4 Å². The number of allylic oxidation sites excluding steroid dienone is 2. The van der Waals surface area contributed by atoms with Gasteiger partial charge in [-0.3, -0.25) is 14.4 Å². The minimum atomic E-state index is -0.933. The van der Waals surface area contributed by atoms with Crippen molar-refractivity contribution < 1.29 is 19.5 Å². The van der Waals surface area contributed by atoms with Gasteiger partial charge in [-0.25, -0.2) is 0 Å². The quantitative estimate of drug-likeness (QED) is 0.660. The number of carboxylic acid groups (broad SMARTS) is 1. The molecule has 2 aliphatic rings. The van der Waals surface area contributed by atoms with E-state index in [9.17, 15) is 19.5 Å². The highest BCUT2D eigenvalue weighted by Crippen LogP contribution is 2.48. The van der Waals surface area contributed by atoms with Crippen LogP contribution in [-0.4, -0.2) is 22.8 Å². The predicted octanol–water partition coefficient (Wildman–Crippen LogP) is 2.35. The number of hydrogen-bond donors (Lipinski definition) is 2. The molecule has 4 atom stereocenters. The molecule has 0 heterocycles. The molecule has 114 valence electrons. The first-order valence-electron chi connectivity index (χ1n) is 7.31. The zero-order valence-corrected chi connectivity index (χ0v) is 12.2. The second kappa shape index (κ2) is 5.40. The molecule has 0 aromatic heterocycles. The molecule has 3 rings (SSSR count). The number of aliphatic carboxylic acids is 1. The van der Waals surface area contributed by atoms with E-state index in [2.05, 4.69) is 5.32 Å². The molecule has 5 heteroatoms. The molecule has 2 bridgehead atoms. The highest BCUT2D eigenvalue weighted by molar-refractivity contribution is 6.05. The van der Waals surface area contributed by atoms with Crippen LogP contribution in [0.25, 0.3) is 0 Å². The van der Waals surface area contributed by atoms with Gasteiger partial charge < -0.3 is 10.4 Å². The van der Waals surface area contributed by atoms with E-state index < -0.39 is 17.8 Å². The molecule has 1 fully saturated rings. The number of benzene rings is 1. The van der Waals surface area contributed by atoms with Gasteiger partial charge in [0.15, 0.2) is 5.78 Å². The van der Waals surface area contributed by atoms with Crippen LogP contribution in [0.3, 0.4) is 0 Å². The van der Waals surface area contributed by atoms with Crippen molar-refractivity contribution in [2.45, 2.75) is 13.3 Å². The molecule has 0 aliphatic heterocycles. The summed E-state index contributed by atoms with van der Waals surface area (Å²) in [6.07, 6.45) is 4.55. The second-order valence-corrected chi connectivity index (χ2v) is 5.93. The summed E-state index contributed by atoms with van der Waals surface area (Å²) < 4.78 is 0. The summed E-state index contributed by atoms with van der Waals surface area (Å²) in [5.74, 6) is -2.75. The van der Waals surface area contributed by atoms with E-state index in [1.54, 1.807) is 24.3 Å². The zero-order valence-electron chi connectivity index (χ0n) is 12.2. The molecular weight excluding hydrogens is 282 g/mol. The Labute approximate surface area is 128 Å². The lowest BCUT2D eigenvalue weighted by Crippen LogP contribution is -2.36. The van der Waals surface area contributed by atoms with Gasteiger partial charge in [-0.15, -0.1) is 0 Å². The SMILES string of the molecule is CC(=O)c1ccccc1NC(=O)[C@@H]1[C@@H](C(=O)O)[C@H]2C=C[C@H]1C2. The minimum Gasteiger partial charge on any atom is -0.481 e. The van der Waals surface area contributed by atoms with E-state index in [1.165, 1.54) is 6.92 Å². The van der Waals surface area contributed by atoms with E-state index in [0.717, 1.165) is 0 Å². The Morgan fingerprint density at radius 2 is 1.73 bits per heavy atom. The largest absolute Gasteiger partial charge is 0.481 e. The number of nitrogens with one attached hydrogen (secondary N) is 1. The zero-order chi connectivity index (χ0) is 15.9. The van der Waals surface area contributed by atoms with Crippen LogP contribution >= 0.6 is 0 Å². The van der Waals surface area contributed by atoms with Crippen LogP contribution < -0.4 is 5.32 Å². The van der Waals surface area contributed by atoms with Crippen molar-refractivity contribution in [3.05, 3.63) is 42.0 Å². The molecule has 1 amide bonds. The molecule has 2 aliphatic carbocycles. The number of ketones is 1. The molecule has 1 aromatic rings. The highest BCUT2D eigenvalue weighted by atomic mass is 16.4. The van der Waals surface area contributed by atoms with E-state index in [1.807, 2.05) is 12.2 Å². The third-order valence-corrected chi connectivity index (χ3v) is 4.61. The maximum Gasteiger partial charge on any atom is 0.307 e. The molecule has 5 nitrogen and oxygen atoms in total. The maximum absolute atomic E-state index is 12.6. The van der Waals surface area contributed by atoms with Crippen molar-refractivity contribution in [1.82, 2.24) is 0 Å². The average Bonchev–Trinajstić information content (AvgIpc) is 3.08. The van der Waals surface area contributed by atoms with Crippen LogP contribution in [0.1, 0.15) is 23.7 Å². The van der Waals surface area contributed by atoms with Crippen molar-refractivity contribution >= 4 is 23.3 Å². The number of carboxylic acids is 1. The first-order chi connectivity index (χ1) is 10.5. The van der Waals surface area contributed by atoms with E-state index in [-0.39, 0.29) is 23.5 Å². The van der Waals surface area contributed by atoms with Crippen LogP contribution in [0.2, 0.25) is 0 Å². The van der Waals surface area contributed by atoms with Crippen LogP contribution in [0.4, 0.5) is 5.69 Å². The Morgan fingerprint density at radius 3 is 2.36 bits per heavy atom. The number of hydrogen-bond acceptors (Lipinski definition) is 3. The number of Topliss-reactive ketones (excluding diaryl/α,β-unsaturated/α-hetero) is 1. The molecule has 2 N–H and O–H groups in total. The minimum absolute atomic E-state index is 0.0319. The Balaban J connectivity index is 1.85. The Kier molecular flexibility index (Phi) is 3.56. The van der Waals surface area contributed by atoms with Gasteiger partial charge in [0.1, 0.15) is 0 Å². The summed E-state index contributed by atoms with van der Waals surface area (Å²) in [7, 11) is 0. The normalized spacial score (nSPS) is 28.6. The standard InChI is InChI=1S/C17H17NO4/c1-9(19)12-4-2-3-5-13(12)18-16(20)14-10-6-7-11(8-10)15(14)17(21)22/h2-7,10-11,14-15H,8H2,1H3,(H,18,20)(H,21,22)/t10-,11-,14-,15-/m0/s1. The molecule has 1 saturated carbocycles. The summed E-state index contributed by atoms with van der Waals surface area (Å²) in [5, 5.41) is 12.1. The smallest absolute Gasteiger partial charge is 0.307 e. The van der Waals surface area contributed by atoms with Gasteiger partial charge in [0.2, 0.25) is 5.91 Å². The fraction of sp³-hybridized carbons (Fsp3) is 0.353. The molecule has 0 radical (unpaired) electrons. The molecular formula is C17H17NO4. The predicted molar refractivity (Wildman–Crippen MR) is 80.4 cm³/mol. The first kappa shape index (κ1) is 14.5. The number of rotatable bonds is 4. The lowest BCUT2D eigenvalue weighted by Gasteiger charge is -2.24. The Morgan fingerprint density at radius 1 is 1.09 bits per heavy atom.